The number of carbonyl (C=O) groups excluding carboxylic acids is 1. The van der Waals surface area contributed by atoms with Crippen molar-refractivity contribution in [2.75, 3.05) is 6.61 Å². The van der Waals surface area contributed by atoms with Crippen molar-refractivity contribution in [3.05, 3.63) is 66.4 Å². The molecule has 0 saturated carbocycles. The third-order valence-corrected chi connectivity index (χ3v) is 3.70. The molecule has 3 aromatic rings. The Hall–Kier alpha value is -3.43. The van der Waals surface area contributed by atoms with Crippen LogP contribution in [-0.2, 0) is 13.2 Å². The predicted octanol–water partition coefficient (Wildman–Crippen LogP) is 2.82. The number of hydrogen-bond acceptors (Lipinski definition) is 5. The molecule has 0 bridgehead atoms. The molecule has 0 fully saturated rings. The van der Waals surface area contributed by atoms with Crippen molar-refractivity contribution in [2.45, 2.75) is 6.18 Å². The summed E-state index contributed by atoms with van der Waals surface area (Å²) in [4.78, 5) is 16.5. The molecule has 0 N–H and O–H groups in total. The van der Waals surface area contributed by atoms with Gasteiger partial charge in [-0.25, -0.2) is 14.3 Å². The van der Waals surface area contributed by atoms with Crippen molar-refractivity contribution in [3.8, 4) is 11.6 Å². The number of rotatable bonds is 6. The second-order valence-corrected chi connectivity index (χ2v) is 5.48. The van der Waals surface area contributed by atoms with E-state index in [1.54, 1.807) is 0 Å². The molecule has 0 amide bonds. The second kappa shape index (κ2) is 7.06. The molecule has 0 unspecified atom stereocenters. The van der Waals surface area contributed by atoms with E-state index in [1.807, 2.05) is 0 Å². The number of ether oxygens (including phenoxy) is 1. The lowest BCUT2D eigenvalue weighted by Gasteiger charge is -2.14. The van der Waals surface area contributed by atoms with E-state index in [2.05, 4.69) is 21.8 Å². The van der Waals surface area contributed by atoms with Gasteiger partial charge in [-0.3, -0.25) is 4.79 Å². The van der Waals surface area contributed by atoms with Gasteiger partial charge < -0.3 is 4.74 Å². The molecule has 140 valence electrons. The summed E-state index contributed by atoms with van der Waals surface area (Å²) in [5, 5.41) is 7.70. The molecule has 0 spiro atoms. The smallest absolute Gasteiger partial charge is 0.417 e. The molecule has 7 nitrogen and oxygen atoms in total. The molecule has 0 atom stereocenters. The van der Waals surface area contributed by atoms with E-state index < -0.39 is 23.1 Å². The standard InChI is InChI=1S/C17H14F3N5O2/c1-3-6-27-16-13(8-22-24(16)2)15(26)12-5-4-11(25-10-21-9-23-25)7-14(12)17(18,19)20/h3-5,7-10H,1,6H2,2H3. The zero-order chi connectivity index (χ0) is 19.6. The zero-order valence-electron chi connectivity index (χ0n) is 14.1. The molecular formula is C17H14F3N5O2. The van der Waals surface area contributed by atoms with Crippen LogP contribution in [0.1, 0.15) is 21.5 Å². The van der Waals surface area contributed by atoms with Crippen molar-refractivity contribution in [1.82, 2.24) is 24.5 Å². The third-order valence-electron chi connectivity index (χ3n) is 3.70. The fourth-order valence-corrected chi connectivity index (χ4v) is 2.49. The van der Waals surface area contributed by atoms with Gasteiger partial charge in [-0.05, 0) is 18.2 Å². The maximum Gasteiger partial charge on any atom is 0.417 e. The summed E-state index contributed by atoms with van der Waals surface area (Å²) in [5.74, 6) is -0.784. The Balaban J connectivity index is 2.08. The Morgan fingerprint density at radius 1 is 1.30 bits per heavy atom. The van der Waals surface area contributed by atoms with Crippen LogP contribution >= 0.6 is 0 Å². The van der Waals surface area contributed by atoms with E-state index in [0.717, 1.165) is 12.1 Å². The summed E-state index contributed by atoms with van der Waals surface area (Å²) in [5.41, 5.74) is -1.54. The maximum atomic E-state index is 13.6. The van der Waals surface area contributed by atoms with Gasteiger partial charge in [0.05, 0.1) is 17.4 Å². The fourth-order valence-electron chi connectivity index (χ4n) is 2.49. The molecule has 0 aliphatic heterocycles. The Kier molecular flexibility index (Phi) is 4.80. The van der Waals surface area contributed by atoms with Crippen LogP contribution in [0.5, 0.6) is 5.88 Å². The topological polar surface area (TPSA) is 74.8 Å². The zero-order valence-corrected chi connectivity index (χ0v) is 14.1. The molecule has 2 heterocycles. The van der Waals surface area contributed by atoms with E-state index in [9.17, 15) is 18.0 Å². The highest BCUT2D eigenvalue weighted by Gasteiger charge is 2.37. The first-order chi connectivity index (χ1) is 12.8. The lowest BCUT2D eigenvalue weighted by Crippen LogP contribution is -2.15. The van der Waals surface area contributed by atoms with Crippen molar-refractivity contribution < 1.29 is 22.7 Å². The number of ketones is 1. The summed E-state index contributed by atoms with van der Waals surface area (Å²) >= 11 is 0. The van der Waals surface area contributed by atoms with Crippen LogP contribution in [0.4, 0.5) is 13.2 Å². The van der Waals surface area contributed by atoms with Gasteiger partial charge in [-0.2, -0.15) is 23.4 Å². The SMILES string of the molecule is C=CCOc1c(C(=O)c2ccc(-n3cncn3)cc2C(F)(F)F)cnn1C. The normalized spacial score (nSPS) is 11.4. The number of benzene rings is 1. The number of aryl methyl sites for hydroxylation is 1. The van der Waals surface area contributed by atoms with Crippen LogP contribution < -0.4 is 4.74 Å². The summed E-state index contributed by atoms with van der Waals surface area (Å²) in [6, 6.07) is 3.31. The Morgan fingerprint density at radius 3 is 2.70 bits per heavy atom. The molecule has 0 aliphatic rings. The van der Waals surface area contributed by atoms with Crippen LogP contribution in [0.3, 0.4) is 0 Å². The number of aromatic nitrogens is 5. The van der Waals surface area contributed by atoms with Crippen molar-refractivity contribution in [3.63, 3.8) is 0 Å². The first-order valence-electron chi connectivity index (χ1n) is 7.69. The second-order valence-electron chi connectivity index (χ2n) is 5.48. The molecule has 27 heavy (non-hydrogen) atoms. The van der Waals surface area contributed by atoms with Crippen LogP contribution in [0.2, 0.25) is 0 Å². The average Bonchev–Trinajstić information content (AvgIpc) is 3.28. The highest BCUT2D eigenvalue weighted by Crippen LogP contribution is 2.35. The molecule has 0 radical (unpaired) electrons. The lowest BCUT2D eigenvalue weighted by molar-refractivity contribution is -0.137. The maximum absolute atomic E-state index is 13.6. The monoisotopic (exact) mass is 377 g/mol. The predicted molar refractivity (Wildman–Crippen MR) is 88.7 cm³/mol. The van der Waals surface area contributed by atoms with E-state index in [4.69, 9.17) is 4.74 Å². The van der Waals surface area contributed by atoms with Gasteiger partial charge in [0.15, 0.2) is 0 Å². The van der Waals surface area contributed by atoms with Crippen molar-refractivity contribution >= 4 is 5.78 Å². The Bertz CT molecular complexity index is 977. The molecule has 2 aromatic heterocycles. The number of nitrogens with zero attached hydrogens (tertiary/aromatic N) is 5. The average molecular weight is 377 g/mol. The van der Waals surface area contributed by atoms with Gasteiger partial charge in [0.2, 0.25) is 11.7 Å². The van der Waals surface area contributed by atoms with Crippen LogP contribution in [0.25, 0.3) is 5.69 Å². The summed E-state index contributed by atoms with van der Waals surface area (Å²) in [6.45, 7) is 3.58. The minimum atomic E-state index is -4.74. The summed E-state index contributed by atoms with van der Waals surface area (Å²) in [7, 11) is 1.52. The number of alkyl halides is 3. The Labute approximate surface area is 151 Å². The fraction of sp³-hybridized carbons (Fsp3) is 0.176. The highest BCUT2D eigenvalue weighted by atomic mass is 19.4. The minimum absolute atomic E-state index is 0.0633. The summed E-state index contributed by atoms with van der Waals surface area (Å²) in [6.07, 6.45) is 0.345. The number of hydrogen-bond donors (Lipinski definition) is 0. The summed E-state index contributed by atoms with van der Waals surface area (Å²) < 4.78 is 48.6. The molecule has 0 aliphatic carbocycles. The van der Waals surface area contributed by atoms with Gasteiger partial charge in [0.1, 0.15) is 24.8 Å². The van der Waals surface area contributed by atoms with Gasteiger partial charge >= 0.3 is 6.18 Å². The number of carbonyl (C=O) groups is 1. The van der Waals surface area contributed by atoms with Crippen molar-refractivity contribution in [2.24, 2.45) is 7.05 Å². The van der Waals surface area contributed by atoms with Gasteiger partial charge in [-0.1, -0.05) is 12.7 Å². The lowest BCUT2D eigenvalue weighted by atomic mass is 9.98. The van der Waals surface area contributed by atoms with E-state index in [1.165, 1.54) is 47.4 Å². The minimum Gasteiger partial charge on any atom is -0.473 e. The van der Waals surface area contributed by atoms with Crippen molar-refractivity contribution in [1.29, 1.82) is 0 Å². The molecule has 3 rings (SSSR count). The molecule has 1 aromatic carbocycles. The molecule has 10 heteroatoms. The quantitative estimate of drug-likeness (QED) is 0.488. The van der Waals surface area contributed by atoms with Crippen LogP contribution in [0.15, 0.2) is 49.7 Å². The van der Waals surface area contributed by atoms with E-state index >= 15 is 0 Å². The van der Waals surface area contributed by atoms with Gasteiger partial charge in [0, 0.05) is 12.6 Å². The Morgan fingerprint density at radius 2 is 2.07 bits per heavy atom. The van der Waals surface area contributed by atoms with E-state index in [-0.39, 0.29) is 23.7 Å². The van der Waals surface area contributed by atoms with Crippen LogP contribution in [0, 0.1) is 0 Å². The largest absolute Gasteiger partial charge is 0.473 e. The van der Waals surface area contributed by atoms with E-state index in [0.29, 0.717) is 0 Å². The third kappa shape index (κ3) is 3.59. The first-order valence-corrected chi connectivity index (χ1v) is 7.69. The highest BCUT2D eigenvalue weighted by molar-refractivity contribution is 6.11. The number of halogens is 3. The van der Waals surface area contributed by atoms with Crippen LogP contribution in [-0.4, -0.2) is 36.9 Å². The van der Waals surface area contributed by atoms with Gasteiger partial charge in [0.25, 0.3) is 0 Å². The van der Waals surface area contributed by atoms with Gasteiger partial charge in [-0.15, -0.1) is 0 Å². The first kappa shape index (κ1) is 18.4. The molecular weight excluding hydrogens is 363 g/mol. The molecule has 0 saturated heterocycles.